The van der Waals surface area contributed by atoms with Crippen LogP contribution in [0.4, 0.5) is 10.1 Å². The average Bonchev–Trinajstić information content (AvgIpc) is 2.54. The zero-order valence-electron chi connectivity index (χ0n) is 14.4. The number of hydrogen-bond donors (Lipinski definition) is 2. The van der Waals surface area contributed by atoms with Crippen LogP contribution in [0.3, 0.4) is 0 Å². The molecule has 1 saturated heterocycles. The van der Waals surface area contributed by atoms with Crippen LogP contribution in [0.15, 0.2) is 18.2 Å². The van der Waals surface area contributed by atoms with Crippen LogP contribution in [0.5, 0.6) is 0 Å². The number of alkyl halides is 3. The van der Waals surface area contributed by atoms with Gasteiger partial charge in [0.15, 0.2) is 6.23 Å². The molecule has 2 rings (SSSR count). The normalized spacial score (nSPS) is 20.8. The van der Waals surface area contributed by atoms with Crippen LogP contribution in [-0.2, 0) is 25.8 Å². The number of halogens is 3. The molecule has 1 fully saturated rings. The van der Waals surface area contributed by atoms with Crippen LogP contribution in [0.2, 0.25) is 0 Å². The molecule has 0 saturated carbocycles. The predicted molar refractivity (Wildman–Crippen MR) is 104 cm³/mol. The summed E-state index contributed by atoms with van der Waals surface area (Å²) in [7, 11) is -3.65. The third-order valence-corrected chi connectivity index (χ3v) is 5.46. The Bertz CT molecular complexity index is 720. The van der Waals surface area contributed by atoms with Crippen LogP contribution in [0.25, 0.3) is 0 Å². The maximum Gasteiger partial charge on any atom is 0.266 e. The molecule has 0 bridgehead atoms. The summed E-state index contributed by atoms with van der Waals surface area (Å²) in [5.41, 5.74) is 1.69. The molecule has 2 N–H and O–H groups in total. The van der Waals surface area contributed by atoms with E-state index < -0.39 is 21.5 Å². The van der Waals surface area contributed by atoms with E-state index >= 15 is 0 Å². The van der Waals surface area contributed by atoms with Crippen LogP contribution < -0.4 is 10.2 Å². The lowest BCUT2D eigenvalue weighted by Gasteiger charge is -2.38. The SMILES string of the molecule is CS(=O)(=O)OC1CNCCN1c1ccc(C(F)(Cl)CCBr)cc1CCO. The van der Waals surface area contributed by atoms with Gasteiger partial charge in [-0.25, -0.2) is 8.57 Å². The fourth-order valence-electron chi connectivity index (χ4n) is 2.92. The number of benzene rings is 1. The Morgan fingerprint density at radius 3 is 2.88 bits per heavy atom. The highest BCUT2D eigenvalue weighted by atomic mass is 79.9. The van der Waals surface area contributed by atoms with Crippen LogP contribution in [-0.4, -0.2) is 57.6 Å². The Labute approximate surface area is 166 Å². The maximum atomic E-state index is 14.7. The van der Waals surface area contributed by atoms with E-state index in [4.69, 9.17) is 15.8 Å². The molecule has 26 heavy (non-hydrogen) atoms. The minimum absolute atomic E-state index is 0.0971. The van der Waals surface area contributed by atoms with Crippen molar-refractivity contribution < 1.29 is 22.1 Å². The highest BCUT2D eigenvalue weighted by Crippen LogP contribution is 2.38. The largest absolute Gasteiger partial charge is 0.396 e. The number of aliphatic hydroxyl groups is 1. The molecular formula is C16H23BrClFN2O4S. The Morgan fingerprint density at radius 2 is 2.27 bits per heavy atom. The molecular weight excluding hydrogens is 451 g/mol. The van der Waals surface area contributed by atoms with Crippen LogP contribution in [0.1, 0.15) is 17.5 Å². The van der Waals surface area contributed by atoms with Gasteiger partial charge in [-0.05, 0) is 24.1 Å². The van der Waals surface area contributed by atoms with Crippen LogP contribution >= 0.6 is 27.5 Å². The standard InChI is InChI=1S/C16H23BrClFN2O4S/c1-26(23,24)25-15-11-20-7-8-21(15)14-3-2-13(10-12(14)4-9-22)16(18,19)5-6-17/h2-3,10,15,20,22H,4-9,11H2,1H3. The molecule has 148 valence electrons. The van der Waals surface area contributed by atoms with Crippen molar-refractivity contribution in [3.8, 4) is 0 Å². The topological polar surface area (TPSA) is 78.9 Å². The molecule has 2 atom stereocenters. The lowest BCUT2D eigenvalue weighted by molar-refractivity contribution is 0.185. The molecule has 1 aliphatic rings. The average molecular weight is 474 g/mol. The van der Waals surface area contributed by atoms with Gasteiger partial charge in [0.25, 0.3) is 10.1 Å². The van der Waals surface area contributed by atoms with E-state index in [1.807, 2.05) is 4.90 Å². The summed E-state index contributed by atoms with van der Waals surface area (Å²) >= 11 is 9.19. The summed E-state index contributed by atoms with van der Waals surface area (Å²) in [5, 5.41) is 10.9. The Hall–Kier alpha value is -0.450. The summed E-state index contributed by atoms with van der Waals surface area (Å²) in [5.74, 6) is 0. The number of anilines is 1. The molecule has 1 aromatic carbocycles. The first kappa shape index (κ1) is 21.8. The number of nitrogens with zero attached hydrogens (tertiary/aromatic N) is 1. The van der Waals surface area contributed by atoms with Gasteiger partial charge in [-0.1, -0.05) is 33.6 Å². The van der Waals surface area contributed by atoms with E-state index in [1.54, 1.807) is 18.2 Å². The first-order chi connectivity index (χ1) is 12.2. The van der Waals surface area contributed by atoms with Crippen molar-refractivity contribution in [2.75, 3.05) is 42.7 Å². The van der Waals surface area contributed by atoms with E-state index in [0.717, 1.165) is 6.26 Å². The molecule has 0 spiro atoms. The highest BCUT2D eigenvalue weighted by Gasteiger charge is 2.31. The second kappa shape index (κ2) is 9.16. The monoisotopic (exact) mass is 472 g/mol. The first-order valence-electron chi connectivity index (χ1n) is 8.21. The number of piperazine rings is 1. The van der Waals surface area contributed by atoms with Crippen molar-refractivity contribution in [2.24, 2.45) is 0 Å². The van der Waals surface area contributed by atoms with Gasteiger partial charge in [-0.3, -0.25) is 0 Å². The maximum absolute atomic E-state index is 14.7. The minimum atomic E-state index is -3.65. The molecule has 1 aromatic rings. The lowest BCUT2D eigenvalue weighted by atomic mass is 10.00. The van der Waals surface area contributed by atoms with Crippen molar-refractivity contribution in [2.45, 2.75) is 24.2 Å². The van der Waals surface area contributed by atoms with Crippen LogP contribution in [0, 0.1) is 0 Å². The van der Waals surface area contributed by atoms with E-state index in [1.165, 1.54) is 0 Å². The van der Waals surface area contributed by atoms with Gasteiger partial charge in [0.2, 0.25) is 5.13 Å². The second-order valence-electron chi connectivity index (χ2n) is 6.11. The van der Waals surface area contributed by atoms with Crippen molar-refractivity contribution in [1.29, 1.82) is 0 Å². The zero-order chi connectivity index (χ0) is 19.4. The Kier molecular flexibility index (Phi) is 7.70. The molecule has 6 nitrogen and oxygen atoms in total. The first-order valence-corrected chi connectivity index (χ1v) is 11.5. The minimum Gasteiger partial charge on any atom is -0.396 e. The smallest absolute Gasteiger partial charge is 0.266 e. The third-order valence-electron chi connectivity index (χ3n) is 4.08. The molecule has 0 radical (unpaired) electrons. The van der Waals surface area contributed by atoms with Gasteiger partial charge in [-0.15, -0.1) is 0 Å². The molecule has 0 amide bonds. The van der Waals surface area contributed by atoms with Gasteiger partial charge >= 0.3 is 0 Å². The van der Waals surface area contributed by atoms with E-state index in [9.17, 15) is 17.9 Å². The summed E-state index contributed by atoms with van der Waals surface area (Å²) in [4.78, 5) is 1.81. The quantitative estimate of drug-likeness (QED) is 0.445. The summed E-state index contributed by atoms with van der Waals surface area (Å²) in [6.45, 7) is 1.37. The fraction of sp³-hybridized carbons (Fsp3) is 0.625. The summed E-state index contributed by atoms with van der Waals surface area (Å²) in [6, 6.07) is 4.92. The van der Waals surface area contributed by atoms with E-state index in [0.29, 0.717) is 48.2 Å². The lowest BCUT2D eigenvalue weighted by Crippen LogP contribution is -2.53. The summed E-state index contributed by atoms with van der Waals surface area (Å²) < 4.78 is 43.0. The van der Waals surface area contributed by atoms with Gasteiger partial charge < -0.3 is 15.3 Å². The van der Waals surface area contributed by atoms with Gasteiger partial charge in [0, 0.05) is 49.2 Å². The number of aliphatic hydroxyl groups excluding tert-OH is 1. The molecule has 1 aliphatic heterocycles. The Balaban J connectivity index is 2.39. The zero-order valence-corrected chi connectivity index (χ0v) is 17.6. The molecule has 2 unspecified atom stereocenters. The number of hydrogen-bond acceptors (Lipinski definition) is 6. The van der Waals surface area contributed by atoms with Crippen molar-refractivity contribution in [3.63, 3.8) is 0 Å². The van der Waals surface area contributed by atoms with Gasteiger partial charge in [-0.2, -0.15) is 8.42 Å². The molecule has 10 heteroatoms. The molecule has 1 heterocycles. The third kappa shape index (κ3) is 5.77. The van der Waals surface area contributed by atoms with E-state index in [2.05, 4.69) is 21.2 Å². The molecule has 0 aromatic heterocycles. The van der Waals surface area contributed by atoms with Crippen molar-refractivity contribution in [3.05, 3.63) is 29.3 Å². The van der Waals surface area contributed by atoms with Crippen molar-refractivity contribution in [1.82, 2.24) is 5.32 Å². The predicted octanol–water partition coefficient (Wildman–Crippen LogP) is 2.08. The van der Waals surface area contributed by atoms with Gasteiger partial charge in [0.05, 0.1) is 6.26 Å². The number of rotatable bonds is 8. The summed E-state index contributed by atoms with van der Waals surface area (Å²) in [6.07, 6.45) is 0.679. The van der Waals surface area contributed by atoms with E-state index in [-0.39, 0.29) is 13.0 Å². The Morgan fingerprint density at radius 1 is 1.54 bits per heavy atom. The fourth-order valence-corrected chi connectivity index (χ4v) is 4.48. The molecule has 0 aliphatic carbocycles. The second-order valence-corrected chi connectivity index (χ2v) is 9.11. The number of nitrogens with one attached hydrogen (secondary N) is 1. The van der Waals surface area contributed by atoms with Gasteiger partial charge in [0.1, 0.15) is 0 Å². The highest BCUT2D eigenvalue weighted by molar-refractivity contribution is 9.09. The van der Waals surface area contributed by atoms with Crippen molar-refractivity contribution >= 4 is 43.3 Å².